The lowest BCUT2D eigenvalue weighted by Gasteiger charge is -2.03. The van der Waals surface area contributed by atoms with Gasteiger partial charge >= 0.3 is 0 Å². The molecule has 1 aromatic heterocycles. The average Bonchev–Trinajstić information content (AvgIpc) is 3.09. The molecule has 0 bridgehead atoms. The quantitative estimate of drug-likeness (QED) is 0.390. The van der Waals surface area contributed by atoms with E-state index in [1.807, 2.05) is 29.6 Å². The van der Waals surface area contributed by atoms with E-state index in [-0.39, 0.29) is 24.5 Å². The highest BCUT2D eigenvalue weighted by Crippen LogP contribution is 2.24. The largest absolute Gasteiger partial charge is 0.497 e. The Hall–Kier alpha value is -2.99. The van der Waals surface area contributed by atoms with E-state index in [4.69, 9.17) is 4.74 Å². The zero-order valence-corrected chi connectivity index (χ0v) is 15.1. The fraction of sp³-hybridized carbons (Fsp3) is 0.150. The molecule has 1 N–H and O–H groups in total. The van der Waals surface area contributed by atoms with E-state index in [9.17, 15) is 9.59 Å². The molecule has 0 spiro atoms. The smallest absolute Gasteiger partial charge is 0.240 e. The summed E-state index contributed by atoms with van der Waals surface area (Å²) in [6.45, 7) is 0. The Kier molecular flexibility index (Phi) is 5.76. The summed E-state index contributed by atoms with van der Waals surface area (Å²) in [6.07, 6.45) is 1.85. The number of Topliss-reactive ketones (excluding diaryl/α,β-unsaturated/α-hetero) is 1. The standard InChI is InChI=1S/C20H18N2O3S/c1-25-16-8-6-14(7-9-16)18(23)10-11-20(24)22-21-12-15-13-26-19-5-3-2-4-17(15)19/h2-9,12-13H,10-11H2,1H3,(H,22,24)/b21-12+. The maximum atomic E-state index is 12.1. The predicted octanol–water partition coefficient (Wildman–Crippen LogP) is 4.02. The second-order valence-corrected chi connectivity index (χ2v) is 6.54. The molecule has 0 atom stereocenters. The van der Waals surface area contributed by atoms with Crippen LogP contribution in [0.25, 0.3) is 10.1 Å². The number of methoxy groups -OCH3 is 1. The molecule has 2 aromatic carbocycles. The SMILES string of the molecule is COc1ccc(C(=O)CCC(=O)N/N=C/c2csc3ccccc23)cc1. The van der Waals surface area contributed by atoms with Crippen LogP contribution in [-0.2, 0) is 4.79 Å². The minimum Gasteiger partial charge on any atom is -0.497 e. The van der Waals surface area contributed by atoms with Crippen molar-refractivity contribution in [2.45, 2.75) is 12.8 Å². The van der Waals surface area contributed by atoms with Crippen LogP contribution in [0.4, 0.5) is 0 Å². The van der Waals surface area contributed by atoms with Gasteiger partial charge in [0.15, 0.2) is 5.78 Å². The van der Waals surface area contributed by atoms with Crippen LogP contribution < -0.4 is 10.2 Å². The second-order valence-electron chi connectivity index (χ2n) is 5.63. The monoisotopic (exact) mass is 366 g/mol. The van der Waals surface area contributed by atoms with Gasteiger partial charge in [0.2, 0.25) is 5.91 Å². The molecule has 1 heterocycles. The van der Waals surface area contributed by atoms with E-state index in [0.29, 0.717) is 11.3 Å². The number of rotatable bonds is 7. The summed E-state index contributed by atoms with van der Waals surface area (Å²) in [5.74, 6) is 0.313. The maximum absolute atomic E-state index is 12.1. The van der Waals surface area contributed by atoms with E-state index >= 15 is 0 Å². The van der Waals surface area contributed by atoms with Crippen LogP contribution in [0.3, 0.4) is 0 Å². The van der Waals surface area contributed by atoms with Gasteiger partial charge in [-0.1, -0.05) is 18.2 Å². The van der Waals surface area contributed by atoms with Gasteiger partial charge in [-0.2, -0.15) is 5.10 Å². The van der Waals surface area contributed by atoms with Crippen LogP contribution in [0.2, 0.25) is 0 Å². The van der Waals surface area contributed by atoms with Gasteiger partial charge < -0.3 is 4.74 Å². The summed E-state index contributed by atoms with van der Waals surface area (Å²) in [4.78, 5) is 24.0. The summed E-state index contributed by atoms with van der Waals surface area (Å²) in [7, 11) is 1.57. The fourth-order valence-corrected chi connectivity index (χ4v) is 3.39. The molecule has 26 heavy (non-hydrogen) atoms. The van der Waals surface area contributed by atoms with Crippen molar-refractivity contribution in [2.24, 2.45) is 5.10 Å². The fourth-order valence-electron chi connectivity index (χ4n) is 2.48. The molecule has 0 aliphatic carbocycles. The zero-order chi connectivity index (χ0) is 18.4. The molecule has 0 fully saturated rings. The highest BCUT2D eigenvalue weighted by atomic mass is 32.1. The molecule has 0 radical (unpaired) electrons. The molecule has 3 aromatic rings. The van der Waals surface area contributed by atoms with Crippen molar-refractivity contribution in [3.05, 3.63) is 65.0 Å². The van der Waals surface area contributed by atoms with Crippen LogP contribution in [0.15, 0.2) is 59.0 Å². The Labute approximate surface area is 155 Å². The first kappa shape index (κ1) is 17.8. The molecular weight excluding hydrogens is 348 g/mol. The van der Waals surface area contributed by atoms with Gasteiger partial charge in [-0.25, -0.2) is 5.43 Å². The first-order chi connectivity index (χ1) is 12.7. The zero-order valence-electron chi connectivity index (χ0n) is 14.3. The molecule has 0 saturated heterocycles. The molecule has 5 nitrogen and oxygen atoms in total. The molecular formula is C20H18N2O3S. The number of benzene rings is 2. The summed E-state index contributed by atoms with van der Waals surface area (Å²) in [5, 5.41) is 7.09. The van der Waals surface area contributed by atoms with Gasteiger partial charge in [-0.05, 0) is 30.3 Å². The first-order valence-corrected chi connectivity index (χ1v) is 9.01. The minimum absolute atomic E-state index is 0.0874. The van der Waals surface area contributed by atoms with Gasteiger partial charge in [0.25, 0.3) is 0 Å². The third-order valence-corrected chi connectivity index (χ3v) is 4.88. The van der Waals surface area contributed by atoms with E-state index in [2.05, 4.69) is 10.5 Å². The van der Waals surface area contributed by atoms with Gasteiger partial charge in [0.05, 0.1) is 13.3 Å². The van der Waals surface area contributed by atoms with E-state index < -0.39 is 0 Å². The van der Waals surface area contributed by atoms with E-state index in [1.165, 1.54) is 4.70 Å². The lowest BCUT2D eigenvalue weighted by Crippen LogP contribution is -2.18. The molecule has 0 unspecified atom stereocenters. The summed E-state index contributed by atoms with van der Waals surface area (Å²) < 4.78 is 6.23. The van der Waals surface area contributed by atoms with Crippen molar-refractivity contribution < 1.29 is 14.3 Å². The van der Waals surface area contributed by atoms with Crippen molar-refractivity contribution in [3.63, 3.8) is 0 Å². The number of nitrogens with one attached hydrogen (secondary N) is 1. The number of nitrogens with zero attached hydrogens (tertiary/aromatic N) is 1. The Morgan fingerprint density at radius 3 is 2.65 bits per heavy atom. The van der Waals surface area contributed by atoms with Crippen molar-refractivity contribution in [2.75, 3.05) is 7.11 Å². The van der Waals surface area contributed by atoms with Crippen LogP contribution >= 0.6 is 11.3 Å². The number of ether oxygens (including phenoxy) is 1. The van der Waals surface area contributed by atoms with Crippen molar-refractivity contribution in [1.82, 2.24) is 5.43 Å². The average molecular weight is 366 g/mol. The second kappa shape index (κ2) is 8.40. The molecule has 0 saturated carbocycles. The minimum atomic E-state index is -0.289. The number of fused-ring (bicyclic) bond motifs is 1. The van der Waals surface area contributed by atoms with Gasteiger partial charge in [0, 0.05) is 39.4 Å². The Balaban J connectivity index is 1.50. The molecule has 3 rings (SSSR count). The summed E-state index contributed by atoms with van der Waals surface area (Å²) >= 11 is 1.63. The van der Waals surface area contributed by atoms with Gasteiger partial charge in [0.1, 0.15) is 5.75 Å². The molecule has 1 amide bonds. The Morgan fingerprint density at radius 1 is 1.12 bits per heavy atom. The number of amides is 1. The van der Waals surface area contributed by atoms with Crippen LogP contribution in [0, 0.1) is 0 Å². The highest BCUT2D eigenvalue weighted by Gasteiger charge is 2.09. The third kappa shape index (κ3) is 4.34. The van der Waals surface area contributed by atoms with Crippen LogP contribution in [-0.4, -0.2) is 25.0 Å². The number of carbonyl (C=O) groups is 2. The highest BCUT2D eigenvalue weighted by molar-refractivity contribution is 7.17. The first-order valence-electron chi connectivity index (χ1n) is 8.13. The predicted molar refractivity (Wildman–Crippen MR) is 104 cm³/mol. The number of hydrogen-bond acceptors (Lipinski definition) is 5. The topological polar surface area (TPSA) is 67.8 Å². The Morgan fingerprint density at radius 2 is 1.88 bits per heavy atom. The lowest BCUT2D eigenvalue weighted by atomic mass is 10.1. The van der Waals surface area contributed by atoms with Gasteiger partial charge in [-0.3, -0.25) is 9.59 Å². The van der Waals surface area contributed by atoms with E-state index in [0.717, 1.165) is 10.9 Å². The normalized spacial score (nSPS) is 11.0. The van der Waals surface area contributed by atoms with Gasteiger partial charge in [-0.15, -0.1) is 11.3 Å². The van der Waals surface area contributed by atoms with Crippen molar-refractivity contribution >= 4 is 39.3 Å². The number of ketones is 1. The van der Waals surface area contributed by atoms with E-state index in [1.54, 1.807) is 48.9 Å². The van der Waals surface area contributed by atoms with Crippen molar-refractivity contribution in [3.8, 4) is 5.75 Å². The lowest BCUT2D eigenvalue weighted by molar-refractivity contribution is -0.121. The molecule has 0 aliphatic rings. The molecule has 0 aliphatic heterocycles. The summed E-state index contributed by atoms with van der Waals surface area (Å²) in [5.41, 5.74) is 3.99. The Bertz CT molecular complexity index is 945. The summed E-state index contributed by atoms with van der Waals surface area (Å²) in [6, 6.07) is 14.9. The molecule has 6 heteroatoms. The number of hydrogen-bond donors (Lipinski definition) is 1. The number of hydrazone groups is 1. The molecule has 132 valence electrons. The van der Waals surface area contributed by atoms with Crippen LogP contribution in [0.5, 0.6) is 5.75 Å². The number of thiophene rings is 1. The third-order valence-electron chi connectivity index (χ3n) is 3.89. The number of carbonyl (C=O) groups excluding carboxylic acids is 2. The van der Waals surface area contributed by atoms with Crippen molar-refractivity contribution in [1.29, 1.82) is 0 Å². The maximum Gasteiger partial charge on any atom is 0.240 e. The van der Waals surface area contributed by atoms with Crippen LogP contribution in [0.1, 0.15) is 28.8 Å².